The van der Waals surface area contributed by atoms with E-state index in [0.717, 1.165) is 38.2 Å². The Labute approximate surface area is 163 Å². The Morgan fingerprint density at radius 1 is 1.07 bits per heavy atom. The molecule has 2 heterocycles. The molecule has 2 aliphatic heterocycles. The van der Waals surface area contributed by atoms with Crippen molar-refractivity contribution in [1.29, 1.82) is 0 Å². The van der Waals surface area contributed by atoms with Crippen molar-refractivity contribution < 1.29 is 14.7 Å². The average molecular weight is 377 g/mol. The number of hydrogen-bond acceptors (Lipinski definition) is 5. The number of likely N-dealkylation sites (tertiary alicyclic amines) is 1. The van der Waals surface area contributed by atoms with Gasteiger partial charge in [-0.1, -0.05) is 30.3 Å². The van der Waals surface area contributed by atoms with Gasteiger partial charge in [-0.05, 0) is 43.1 Å². The Balaban J connectivity index is 1.45. The Hall–Kier alpha value is -2.96. The summed E-state index contributed by atoms with van der Waals surface area (Å²) in [4.78, 5) is 26.4. The molecule has 4 rings (SSSR count). The largest absolute Gasteiger partial charge is 0.392 e. The number of anilines is 1. The maximum absolute atomic E-state index is 12.2. The summed E-state index contributed by atoms with van der Waals surface area (Å²) in [7, 11) is 0. The number of amides is 2. The van der Waals surface area contributed by atoms with Crippen LogP contribution in [0.1, 0.15) is 34.3 Å². The van der Waals surface area contributed by atoms with E-state index >= 15 is 0 Å². The number of carbonyl (C=O) groups is 2. The highest BCUT2D eigenvalue weighted by Crippen LogP contribution is 2.24. The van der Waals surface area contributed by atoms with E-state index in [0.29, 0.717) is 16.7 Å². The second kappa shape index (κ2) is 7.96. The minimum atomic E-state index is -0.406. The van der Waals surface area contributed by atoms with Crippen LogP contribution in [0.3, 0.4) is 0 Å². The molecular formula is C22H23N3O3. The molecule has 28 heavy (non-hydrogen) atoms. The summed E-state index contributed by atoms with van der Waals surface area (Å²) in [5.41, 5.74) is 3.59. The standard InChI is InChI=1S/C22H23N3O3/c26-17-4-3-11-25(14-17)13-15-7-9-16(10-8-15)23-12-20-18-5-1-2-6-19(18)21(27)24-22(20)28/h1-2,5-10,12,17,23,26H,3-4,11,13-14H2,(H,24,27,28)/b20-12+. The molecule has 1 fully saturated rings. The first-order chi connectivity index (χ1) is 13.6. The van der Waals surface area contributed by atoms with E-state index in [-0.39, 0.29) is 12.0 Å². The van der Waals surface area contributed by atoms with Crippen LogP contribution in [-0.4, -0.2) is 41.0 Å². The third-order valence-electron chi connectivity index (χ3n) is 5.16. The van der Waals surface area contributed by atoms with E-state index in [1.54, 1.807) is 24.4 Å². The van der Waals surface area contributed by atoms with Gasteiger partial charge in [-0.3, -0.25) is 19.8 Å². The fourth-order valence-corrected chi connectivity index (χ4v) is 3.71. The van der Waals surface area contributed by atoms with Crippen molar-refractivity contribution >= 4 is 23.1 Å². The van der Waals surface area contributed by atoms with Crippen LogP contribution in [0.25, 0.3) is 5.57 Å². The van der Waals surface area contributed by atoms with Crippen molar-refractivity contribution in [3.63, 3.8) is 0 Å². The lowest BCUT2D eigenvalue weighted by Gasteiger charge is -2.29. The van der Waals surface area contributed by atoms with Gasteiger partial charge in [0.25, 0.3) is 11.8 Å². The van der Waals surface area contributed by atoms with E-state index in [2.05, 4.69) is 15.5 Å². The lowest BCUT2D eigenvalue weighted by Crippen LogP contribution is -2.37. The fourth-order valence-electron chi connectivity index (χ4n) is 3.71. The monoisotopic (exact) mass is 377 g/mol. The van der Waals surface area contributed by atoms with Gasteiger partial charge in [-0.15, -0.1) is 0 Å². The normalized spacial score (nSPS) is 21.3. The highest BCUT2D eigenvalue weighted by molar-refractivity contribution is 6.31. The third kappa shape index (κ3) is 3.98. The van der Waals surface area contributed by atoms with Gasteiger partial charge in [0.1, 0.15) is 0 Å². The fraction of sp³-hybridized carbons (Fsp3) is 0.273. The Kier molecular flexibility index (Phi) is 5.23. The number of β-amino-alcohol motifs (C(OH)–C–C–N with tert-alkyl or cyclic N) is 1. The van der Waals surface area contributed by atoms with Crippen LogP contribution in [0.2, 0.25) is 0 Å². The molecular weight excluding hydrogens is 354 g/mol. The number of rotatable bonds is 4. The molecule has 6 nitrogen and oxygen atoms in total. The zero-order chi connectivity index (χ0) is 19.5. The number of nitrogens with zero attached hydrogens (tertiary/aromatic N) is 1. The summed E-state index contributed by atoms with van der Waals surface area (Å²) < 4.78 is 0. The molecule has 2 aromatic carbocycles. The second-order valence-corrected chi connectivity index (χ2v) is 7.26. The molecule has 3 N–H and O–H groups in total. The smallest absolute Gasteiger partial charge is 0.260 e. The summed E-state index contributed by atoms with van der Waals surface area (Å²) in [5.74, 6) is -0.776. The van der Waals surface area contributed by atoms with Gasteiger partial charge in [0.2, 0.25) is 0 Å². The number of aliphatic hydroxyl groups excluding tert-OH is 1. The number of hydrogen-bond donors (Lipinski definition) is 3. The molecule has 6 heteroatoms. The molecule has 0 aliphatic carbocycles. The second-order valence-electron chi connectivity index (χ2n) is 7.26. The molecule has 1 unspecified atom stereocenters. The highest BCUT2D eigenvalue weighted by atomic mass is 16.3. The summed E-state index contributed by atoms with van der Waals surface area (Å²) in [6.45, 7) is 2.55. The molecule has 0 aromatic heterocycles. The van der Waals surface area contributed by atoms with Crippen LogP contribution in [-0.2, 0) is 11.3 Å². The number of piperidine rings is 1. The summed E-state index contributed by atoms with van der Waals surface area (Å²) in [5, 5.41) is 15.3. The molecule has 2 aliphatic rings. The van der Waals surface area contributed by atoms with Gasteiger partial charge in [0.15, 0.2) is 0 Å². The number of benzene rings is 2. The lowest BCUT2D eigenvalue weighted by molar-refractivity contribution is -0.114. The van der Waals surface area contributed by atoms with Crippen LogP contribution in [0.5, 0.6) is 0 Å². The van der Waals surface area contributed by atoms with Gasteiger partial charge < -0.3 is 10.4 Å². The average Bonchev–Trinajstić information content (AvgIpc) is 2.69. The Morgan fingerprint density at radius 2 is 1.82 bits per heavy atom. The van der Waals surface area contributed by atoms with E-state index in [1.807, 2.05) is 30.3 Å². The topological polar surface area (TPSA) is 81.7 Å². The number of nitrogens with one attached hydrogen (secondary N) is 2. The van der Waals surface area contributed by atoms with Crippen LogP contribution in [0.4, 0.5) is 5.69 Å². The van der Waals surface area contributed by atoms with Crippen LogP contribution in [0, 0.1) is 0 Å². The Bertz CT molecular complexity index is 921. The first kappa shape index (κ1) is 18.4. The number of fused-ring (bicyclic) bond motifs is 1. The molecule has 0 radical (unpaired) electrons. The molecule has 1 atom stereocenters. The van der Waals surface area contributed by atoms with Crippen molar-refractivity contribution in [2.45, 2.75) is 25.5 Å². The van der Waals surface area contributed by atoms with Crippen molar-refractivity contribution in [2.75, 3.05) is 18.4 Å². The van der Waals surface area contributed by atoms with Gasteiger partial charge in [0.05, 0.1) is 11.7 Å². The maximum atomic E-state index is 12.2. The predicted molar refractivity (Wildman–Crippen MR) is 107 cm³/mol. The first-order valence-corrected chi connectivity index (χ1v) is 9.51. The van der Waals surface area contributed by atoms with Gasteiger partial charge >= 0.3 is 0 Å². The summed E-state index contributed by atoms with van der Waals surface area (Å²) in [6.07, 6.45) is 3.32. The number of imide groups is 1. The zero-order valence-corrected chi connectivity index (χ0v) is 15.5. The lowest BCUT2D eigenvalue weighted by atomic mass is 9.96. The van der Waals surface area contributed by atoms with Crippen molar-refractivity contribution in [2.24, 2.45) is 0 Å². The number of carbonyl (C=O) groups excluding carboxylic acids is 2. The van der Waals surface area contributed by atoms with E-state index in [9.17, 15) is 14.7 Å². The summed E-state index contributed by atoms with van der Waals surface area (Å²) in [6, 6.07) is 15.1. The van der Waals surface area contributed by atoms with E-state index in [1.165, 1.54) is 5.56 Å². The minimum Gasteiger partial charge on any atom is -0.392 e. The zero-order valence-electron chi connectivity index (χ0n) is 15.5. The SMILES string of the molecule is O=C1NC(=O)c2ccccc2/C1=C\Nc1ccc(CN2CCCC(O)C2)cc1. The Morgan fingerprint density at radius 3 is 2.57 bits per heavy atom. The molecule has 2 amide bonds. The predicted octanol–water partition coefficient (Wildman–Crippen LogP) is 2.37. The third-order valence-corrected chi connectivity index (χ3v) is 5.16. The van der Waals surface area contributed by atoms with Gasteiger partial charge in [0, 0.05) is 36.1 Å². The number of aliphatic hydroxyl groups is 1. The minimum absolute atomic E-state index is 0.224. The van der Waals surface area contributed by atoms with Gasteiger partial charge in [-0.25, -0.2) is 0 Å². The summed E-state index contributed by atoms with van der Waals surface area (Å²) >= 11 is 0. The van der Waals surface area contributed by atoms with Crippen molar-refractivity contribution in [3.05, 3.63) is 71.4 Å². The van der Waals surface area contributed by atoms with E-state index < -0.39 is 5.91 Å². The van der Waals surface area contributed by atoms with Crippen LogP contribution in [0.15, 0.2) is 54.7 Å². The molecule has 0 bridgehead atoms. The molecule has 1 saturated heterocycles. The van der Waals surface area contributed by atoms with Crippen molar-refractivity contribution in [1.82, 2.24) is 10.2 Å². The van der Waals surface area contributed by atoms with Crippen LogP contribution < -0.4 is 10.6 Å². The first-order valence-electron chi connectivity index (χ1n) is 9.51. The molecule has 0 spiro atoms. The quantitative estimate of drug-likeness (QED) is 0.563. The molecule has 0 saturated carbocycles. The van der Waals surface area contributed by atoms with E-state index in [4.69, 9.17) is 0 Å². The molecule has 144 valence electrons. The van der Waals surface area contributed by atoms with Crippen LogP contribution >= 0.6 is 0 Å². The highest BCUT2D eigenvalue weighted by Gasteiger charge is 2.26. The van der Waals surface area contributed by atoms with Gasteiger partial charge in [-0.2, -0.15) is 0 Å². The van der Waals surface area contributed by atoms with Crippen molar-refractivity contribution in [3.8, 4) is 0 Å². The maximum Gasteiger partial charge on any atom is 0.260 e. The molecule has 2 aromatic rings.